The standard InChI is InChI=1S/C35H40F3N3O3/c1-3-10-27(11-4-2)41-19-18-28-29(16-9-17-30(28)34(41)44)33(43)40-31(21-24-12-6-5-7-13-24)32(42)23-39-22-25-14-8-15-26(20-25)35(36,37)38/h5-9,12-20,27,31-32,39,42H,3-4,10-11,21-23H2,1-2H3,(H,40,43). The van der Waals surface area contributed by atoms with E-state index in [0.29, 0.717) is 28.3 Å². The summed E-state index contributed by atoms with van der Waals surface area (Å²) >= 11 is 0. The Morgan fingerprint density at radius 2 is 1.57 bits per heavy atom. The van der Waals surface area contributed by atoms with Crippen LogP contribution in [-0.4, -0.2) is 34.3 Å². The van der Waals surface area contributed by atoms with Gasteiger partial charge in [0.2, 0.25) is 0 Å². The summed E-state index contributed by atoms with van der Waals surface area (Å²) in [6.07, 6.45) is 0.288. The number of nitrogens with zero attached hydrogens (tertiary/aromatic N) is 1. The Bertz CT molecular complexity index is 1580. The van der Waals surface area contributed by atoms with E-state index in [1.54, 1.807) is 35.0 Å². The molecule has 4 rings (SSSR count). The number of benzene rings is 3. The first kappa shape index (κ1) is 33.0. The number of aromatic nitrogens is 1. The summed E-state index contributed by atoms with van der Waals surface area (Å²) < 4.78 is 41.1. The third-order valence-corrected chi connectivity index (χ3v) is 7.87. The summed E-state index contributed by atoms with van der Waals surface area (Å²) in [5.74, 6) is -0.427. The van der Waals surface area contributed by atoms with E-state index in [2.05, 4.69) is 24.5 Å². The highest BCUT2D eigenvalue weighted by Crippen LogP contribution is 2.29. The molecule has 2 unspecified atom stereocenters. The Morgan fingerprint density at radius 3 is 2.25 bits per heavy atom. The van der Waals surface area contributed by atoms with E-state index in [1.807, 2.05) is 36.4 Å². The summed E-state index contributed by atoms with van der Waals surface area (Å²) in [6.45, 7) is 4.33. The van der Waals surface area contributed by atoms with Crippen LogP contribution in [0.4, 0.5) is 13.2 Å². The number of pyridine rings is 1. The highest BCUT2D eigenvalue weighted by atomic mass is 19.4. The van der Waals surface area contributed by atoms with E-state index >= 15 is 0 Å². The molecule has 234 valence electrons. The molecule has 9 heteroatoms. The molecule has 1 aromatic heterocycles. The van der Waals surface area contributed by atoms with E-state index in [-0.39, 0.29) is 24.7 Å². The molecule has 2 atom stereocenters. The van der Waals surface area contributed by atoms with Gasteiger partial charge in [0, 0.05) is 41.7 Å². The maximum absolute atomic E-state index is 13.7. The number of alkyl halides is 3. The first-order valence-electron chi connectivity index (χ1n) is 15.2. The zero-order valence-electron chi connectivity index (χ0n) is 25.1. The molecule has 1 heterocycles. The van der Waals surface area contributed by atoms with Gasteiger partial charge in [-0.15, -0.1) is 0 Å². The Morgan fingerprint density at radius 1 is 0.886 bits per heavy atom. The highest BCUT2D eigenvalue weighted by molar-refractivity contribution is 6.06. The number of carbonyl (C=O) groups is 1. The van der Waals surface area contributed by atoms with Crippen LogP contribution in [0.2, 0.25) is 0 Å². The number of aliphatic hydroxyl groups excluding tert-OH is 1. The van der Waals surface area contributed by atoms with Gasteiger partial charge in [-0.05, 0) is 54.7 Å². The number of fused-ring (bicyclic) bond motifs is 1. The normalized spacial score (nSPS) is 13.2. The van der Waals surface area contributed by atoms with Gasteiger partial charge in [-0.2, -0.15) is 13.2 Å². The van der Waals surface area contributed by atoms with Crippen molar-refractivity contribution < 1.29 is 23.1 Å². The molecule has 1 amide bonds. The maximum atomic E-state index is 13.7. The van der Waals surface area contributed by atoms with E-state index in [0.717, 1.165) is 43.4 Å². The predicted octanol–water partition coefficient (Wildman–Crippen LogP) is 6.65. The van der Waals surface area contributed by atoms with Crippen LogP contribution in [0.15, 0.2) is 89.9 Å². The minimum atomic E-state index is -4.44. The molecular formula is C35H40F3N3O3. The minimum Gasteiger partial charge on any atom is -0.390 e. The SMILES string of the molecule is CCCC(CCC)n1ccc2c(C(=O)NC(Cc3ccccc3)C(O)CNCc3cccc(C(F)(F)F)c3)cccc2c1=O. The second-order valence-electron chi connectivity index (χ2n) is 11.2. The Labute approximate surface area is 255 Å². The van der Waals surface area contributed by atoms with E-state index in [4.69, 9.17) is 0 Å². The van der Waals surface area contributed by atoms with Crippen molar-refractivity contribution in [3.8, 4) is 0 Å². The van der Waals surface area contributed by atoms with Gasteiger partial charge in [-0.3, -0.25) is 9.59 Å². The Hall–Kier alpha value is -3.95. The van der Waals surface area contributed by atoms with Crippen LogP contribution < -0.4 is 16.2 Å². The summed E-state index contributed by atoms with van der Waals surface area (Å²) in [4.78, 5) is 27.2. The number of nitrogens with one attached hydrogen (secondary N) is 2. The van der Waals surface area contributed by atoms with Crippen molar-refractivity contribution in [2.24, 2.45) is 0 Å². The average molecular weight is 608 g/mol. The zero-order valence-corrected chi connectivity index (χ0v) is 25.1. The number of hydrogen-bond acceptors (Lipinski definition) is 4. The fourth-order valence-electron chi connectivity index (χ4n) is 5.63. The molecule has 4 aromatic rings. The molecule has 44 heavy (non-hydrogen) atoms. The lowest BCUT2D eigenvalue weighted by molar-refractivity contribution is -0.137. The van der Waals surface area contributed by atoms with E-state index in [9.17, 15) is 27.9 Å². The molecule has 0 aliphatic heterocycles. The van der Waals surface area contributed by atoms with Crippen LogP contribution in [0, 0.1) is 0 Å². The largest absolute Gasteiger partial charge is 0.416 e. The average Bonchev–Trinajstić information content (AvgIpc) is 3.01. The quantitative estimate of drug-likeness (QED) is 0.150. The second-order valence-corrected chi connectivity index (χ2v) is 11.2. The summed E-state index contributed by atoms with van der Waals surface area (Å²) in [7, 11) is 0. The smallest absolute Gasteiger partial charge is 0.390 e. The van der Waals surface area contributed by atoms with Crippen LogP contribution in [0.1, 0.15) is 72.6 Å². The monoisotopic (exact) mass is 607 g/mol. The van der Waals surface area contributed by atoms with Crippen molar-refractivity contribution in [3.63, 3.8) is 0 Å². The fourth-order valence-corrected chi connectivity index (χ4v) is 5.63. The molecule has 0 spiro atoms. The van der Waals surface area contributed by atoms with Gasteiger partial charge in [0.05, 0.1) is 17.7 Å². The van der Waals surface area contributed by atoms with Crippen molar-refractivity contribution in [2.75, 3.05) is 6.54 Å². The zero-order chi connectivity index (χ0) is 31.7. The number of amides is 1. The minimum absolute atomic E-state index is 0.0323. The van der Waals surface area contributed by atoms with Crippen molar-refractivity contribution in [1.29, 1.82) is 0 Å². The second kappa shape index (κ2) is 15.2. The van der Waals surface area contributed by atoms with Gasteiger partial charge < -0.3 is 20.3 Å². The highest BCUT2D eigenvalue weighted by Gasteiger charge is 2.30. The van der Waals surface area contributed by atoms with Crippen LogP contribution in [-0.2, 0) is 19.1 Å². The van der Waals surface area contributed by atoms with Crippen LogP contribution in [0.5, 0.6) is 0 Å². The number of hydrogen-bond donors (Lipinski definition) is 3. The van der Waals surface area contributed by atoms with Crippen molar-refractivity contribution in [2.45, 2.75) is 76.9 Å². The van der Waals surface area contributed by atoms with Crippen LogP contribution in [0.25, 0.3) is 10.8 Å². The van der Waals surface area contributed by atoms with Crippen molar-refractivity contribution >= 4 is 16.7 Å². The summed E-state index contributed by atoms with van der Waals surface area (Å²) in [6, 6.07) is 20.7. The molecule has 0 saturated carbocycles. The van der Waals surface area contributed by atoms with E-state index < -0.39 is 29.8 Å². The third kappa shape index (κ3) is 8.36. The maximum Gasteiger partial charge on any atom is 0.416 e. The first-order chi connectivity index (χ1) is 21.1. The molecule has 0 fully saturated rings. The molecular weight excluding hydrogens is 567 g/mol. The number of rotatable bonds is 14. The third-order valence-electron chi connectivity index (χ3n) is 7.87. The predicted molar refractivity (Wildman–Crippen MR) is 168 cm³/mol. The van der Waals surface area contributed by atoms with E-state index in [1.165, 1.54) is 6.07 Å². The van der Waals surface area contributed by atoms with Gasteiger partial charge in [0.15, 0.2) is 0 Å². The van der Waals surface area contributed by atoms with Crippen molar-refractivity contribution in [1.82, 2.24) is 15.2 Å². The molecule has 0 radical (unpaired) electrons. The van der Waals surface area contributed by atoms with Crippen LogP contribution in [0.3, 0.4) is 0 Å². The number of carbonyl (C=O) groups excluding carboxylic acids is 1. The Balaban J connectivity index is 1.54. The lowest BCUT2D eigenvalue weighted by Crippen LogP contribution is -2.48. The number of aliphatic hydroxyl groups is 1. The molecule has 0 saturated heterocycles. The summed E-state index contributed by atoms with van der Waals surface area (Å²) in [5.41, 5.74) is 0.783. The molecule has 3 N–H and O–H groups in total. The molecule has 0 aliphatic carbocycles. The number of halogens is 3. The Kier molecular flexibility index (Phi) is 11.4. The van der Waals surface area contributed by atoms with Gasteiger partial charge in [0.1, 0.15) is 0 Å². The van der Waals surface area contributed by atoms with Gasteiger partial charge in [-0.25, -0.2) is 0 Å². The lowest BCUT2D eigenvalue weighted by atomic mass is 9.99. The van der Waals surface area contributed by atoms with Crippen LogP contribution >= 0.6 is 0 Å². The molecule has 6 nitrogen and oxygen atoms in total. The topological polar surface area (TPSA) is 83.4 Å². The fraction of sp³-hybridized carbons (Fsp3) is 0.371. The van der Waals surface area contributed by atoms with Gasteiger partial charge >= 0.3 is 6.18 Å². The molecule has 3 aromatic carbocycles. The molecule has 0 aliphatic rings. The van der Waals surface area contributed by atoms with Gasteiger partial charge in [-0.1, -0.05) is 81.3 Å². The molecule has 0 bridgehead atoms. The van der Waals surface area contributed by atoms with Gasteiger partial charge in [0.25, 0.3) is 11.5 Å². The summed E-state index contributed by atoms with van der Waals surface area (Å²) in [5, 5.41) is 18.2. The lowest BCUT2D eigenvalue weighted by Gasteiger charge is -2.25. The van der Waals surface area contributed by atoms with Crippen molar-refractivity contribution in [3.05, 3.63) is 118 Å². The first-order valence-corrected chi connectivity index (χ1v) is 15.2.